The van der Waals surface area contributed by atoms with Crippen LogP contribution in [0.5, 0.6) is 0 Å². The second-order valence-electron chi connectivity index (χ2n) is 5.30. The number of thiophene rings is 1. The Morgan fingerprint density at radius 3 is 2.52 bits per heavy atom. The van der Waals surface area contributed by atoms with Crippen LogP contribution in [0.15, 0.2) is 30.3 Å². The van der Waals surface area contributed by atoms with E-state index in [0.717, 1.165) is 37.1 Å². The van der Waals surface area contributed by atoms with Crippen molar-refractivity contribution in [3.8, 4) is 0 Å². The lowest BCUT2D eigenvalue weighted by Gasteiger charge is -2.34. The summed E-state index contributed by atoms with van der Waals surface area (Å²) in [4.78, 5) is 4.57. The standard InChI is InChI=1S/C16H18F2N2S/c1-11-2-5-15(21-11)16(20-8-6-19-7-9-20)13-4-3-12(17)10-14(13)18/h2-5,10,16,19H,6-9H2,1H3. The van der Waals surface area contributed by atoms with Crippen LogP contribution in [0.1, 0.15) is 21.4 Å². The van der Waals surface area contributed by atoms with Gasteiger partial charge in [-0.25, -0.2) is 8.78 Å². The highest BCUT2D eigenvalue weighted by Crippen LogP contribution is 2.35. The second-order valence-corrected chi connectivity index (χ2v) is 6.62. The second kappa shape index (κ2) is 6.22. The molecule has 5 heteroatoms. The first-order chi connectivity index (χ1) is 10.1. The molecule has 1 atom stereocenters. The van der Waals surface area contributed by atoms with E-state index < -0.39 is 11.6 Å². The van der Waals surface area contributed by atoms with E-state index in [9.17, 15) is 8.78 Å². The molecule has 1 aliphatic heterocycles. The fourth-order valence-corrected chi connectivity index (χ4v) is 3.83. The number of halogens is 2. The third kappa shape index (κ3) is 3.15. The number of piperazine rings is 1. The van der Waals surface area contributed by atoms with E-state index in [1.165, 1.54) is 10.9 Å². The van der Waals surface area contributed by atoms with Gasteiger partial charge in [-0.3, -0.25) is 4.90 Å². The van der Waals surface area contributed by atoms with Crippen molar-refractivity contribution in [3.05, 3.63) is 57.3 Å². The molecule has 0 bridgehead atoms. The molecule has 21 heavy (non-hydrogen) atoms. The molecule has 2 nitrogen and oxygen atoms in total. The molecule has 1 N–H and O–H groups in total. The molecule has 0 aliphatic carbocycles. The molecule has 2 aromatic rings. The Balaban J connectivity index is 2.02. The summed E-state index contributed by atoms with van der Waals surface area (Å²) >= 11 is 1.67. The molecular formula is C16H18F2N2S. The number of nitrogens with one attached hydrogen (secondary N) is 1. The number of aryl methyl sites for hydroxylation is 1. The van der Waals surface area contributed by atoms with Gasteiger partial charge in [0.05, 0.1) is 6.04 Å². The monoisotopic (exact) mass is 308 g/mol. The Kier molecular flexibility index (Phi) is 4.33. The fraction of sp³-hybridized carbons (Fsp3) is 0.375. The minimum atomic E-state index is -0.530. The maximum absolute atomic E-state index is 14.3. The molecule has 1 saturated heterocycles. The van der Waals surface area contributed by atoms with Crippen LogP contribution < -0.4 is 5.32 Å². The van der Waals surface area contributed by atoms with E-state index in [2.05, 4.69) is 22.3 Å². The van der Waals surface area contributed by atoms with Crippen molar-refractivity contribution < 1.29 is 8.78 Å². The van der Waals surface area contributed by atoms with Gasteiger partial charge in [0.25, 0.3) is 0 Å². The Bertz CT molecular complexity index is 620. The molecule has 1 aromatic carbocycles. The number of nitrogens with zero attached hydrogens (tertiary/aromatic N) is 1. The van der Waals surface area contributed by atoms with Gasteiger partial charge < -0.3 is 5.32 Å². The van der Waals surface area contributed by atoms with Gasteiger partial charge in [-0.15, -0.1) is 11.3 Å². The van der Waals surface area contributed by atoms with E-state index >= 15 is 0 Å². The van der Waals surface area contributed by atoms with Crippen LogP contribution in [-0.4, -0.2) is 31.1 Å². The first-order valence-electron chi connectivity index (χ1n) is 7.11. The summed E-state index contributed by atoms with van der Waals surface area (Å²) in [5, 5.41) is 3.31. The Labute approximate surface area is 127 Å². The molecule has 0 saturated carbocycles. The summed E-state index contributed by atoms with van der Waals surface area (Å²) in [6, 6.07) is 7.86. The zero-order chi connectivity index (χ0) is 14.8. The van der Waals surface area contributed by atoms with Crippen molar-refractivity contribution in [2.75, 3.05) is 26.2 Å². The number of hydrogen-bond donors (Lipinski definition) is 1. The first-order valence-corrected chi connectivity index (χ1v) is 7.93. The van der Waals surface area contributed by atoms with E-state index in [-0.39, 0.29) is 6.04 Å². The van der Waals surface area contributed by atoms with Crippen LogP contribution in [0, 0.1) is 18.6 Å². The summed E-state index contributed by atoms with van der Waals surface area (Å²) in [6.07, 6.45) is 0. The van der Waals surface area contributed by atoms with E-state index in [4.69, 9.17) is 0 Å². The highest BCUT2D eigenvalue weighted by Gasteiger charge is 2.27. The Morgan fingerprint density at radius 1 is 1.14 bits per heavy atom. The van der Waals surface area contributed by atoms with Crippen molar-refractivity contribution >= 4 is 11.3 Å². The quantitative estimate of drug-likeness (QED) is 0.935. The lowest BCUT2D eigenvalue weighted by atomic mass is 10.0. The normalized spacial score (nSPS) is 17.9. The molecule has 3 rings (SSSR count). The molecule has 1 aromatic heterocycles. The maximum atomic E-state index is 14.3. The van der Waals surface area contributed by atoms with Crippen molar-refractivity contribution in [3.63, 3.8) is 0 Å². The molecule has 0 radical (unpaired) electrons. The van der Waals surface area contributed by atoms with Crippen LogP contribution in [0.3, 0.4) is 0 Å². The summed E-state index contributed by atoms with van der Waals surface area (Å²) in [7, 11) is 0. The molecule has 1 aliphatic rings. The zero-order valence-corrected chi connectivity index (χ0v) is 12.7. The molecule has 0 amide bonds. The van der Waals surface area contributed by atoms with Gasteiger partial charge in [0.2, 0.25) is 0 Å². The van der Waals surface area contributed by atoms with Gasteiger partial charge in [0.1, 0.15) is 11.6 Å². The first kappa shape index (κ1) is 14.6. The zero-order valence-electron chi connectivity index (χ0n) is 11.9. The van der Waals surface area contributed by atoms with Gasteiger partial charge in [-0.05, 0) is 25.1 Å². The smallest absolute Gasteiger partial charge is 0.131 e. The number of benzene rings is 1. The SMILES string of the molecule is Cc1ccc(C(c2ccc(F)cc2F)N2CCNCC2)s1. The third-order valence-electron chi connectivity index (χ3n) is 3.80. The van der Waals surface area contributed by atoms with Gasteiger partial charge in [0, 0.05) is 47.6 Å². The topological polar surface area (TPSA) is 15.3 Å². The van der Waals surface area contributed by atoms with Crippen LogP contribution in [0.2, 0.25) is 0 Å². The van der Waals surface area contributed by atoms with Gasteiger partial charge in [-0.1, -0.05) is 6.07 Å². The average Bonchev–Trinajstić information content (AvgIpc) is 2.89. The van der Waals surface area contributed by atoms with Gasteiger partial charge in [0.15, 0.2) is 0 Å². The van der Waals surface area contributed by atoms with E-state index in [1.54, 1.807) is 17.4 Å². The van der Waals surface area contributed by atoms with Gasteiger partial charge >= 0.3 is 0 Å². The molecule has 2 heterocycles. The van der Waals surface area contributed by atoms with Crippen molar-refractivity contribution in [1.82, 2.24) is 10.2 Å². The predicted molar refractivity (Wildman–Crippen MR) is 81.7 cm³/mol. The summed E-state index contributed by atoms with van der Waals surface area (Å²) < 4.78 is 27.5. The lowest BCUT2D eigenvalue weighted by Crippen LogP contribution is -2.45. The maximum Gasteiger partial charge on any atom is 0.131 e. The van der Waals surface area contributed by atoms with Crippen LogP contribution in [0.4, 0.5) is 8.78 Å². The molecule has 0 spiro atoms. The fourth-order valence-electron chi connectivity index (χ4n) is 2.79. The van der Waals surface area contributed by atoms with E-state index in [0.29, 0.717) is 5.56 Å². The van der Waals surface area contributed by atoms with Crippen LogP contribution in [-0.2, 0) is 0 Å². The van der Waals surface area contributed by atoms with Crippen LogP contribution in [0.25, 0.3) is 0 Å². The molecule has 1 fully saturated rings. The van der Waals surface area contributed by atoms with Gasteiger partial charge in [-0.2, -0.15) is 0 Å². The third-order valence-corrected chi connectivity index (χ3v) is 4.86. The molecule has 1 unspecified atom stereocenters. The summed E-state index contributed by atoms with van der Waals surface area (Å²) in [5.74, 6) is -0.998. The average molecular weight is 308 g/mol. The largest absolute Gasteiger partial charge is 0.314 e. The molecule has 112 valence electrons. The summed E-state index contributed by atoms with van der Waals surface area (Å²) in [5.41, 5.74) is 0.556. The number of rotatable bonds is 3. The van der Waals surface area contributed by atoms with Crippen molar-refractivity contribution in [1.29, 1.82) is 0 Å². The predicted octanol–water partition coefficient (Wildman–Crippen LogP) is 3.33. The molecular weight excluding hydrogens is 290 g/mol. The highest BCUT2D eigenvalue weighted by molar-refractivity contribution is 7.12. The summed E-state index contributed by atoms with van der Waals surface area (Å²) in [6.45, 7) is 5.55. The van der Waals surface area contributed by atoms with Crippen molar-refractivity contribution in [2.45, 2.75) is 13.0 Å². The Morgan fingerprint density at radius 2 is 1.90 bits per heavy atom. The Hall–Kier alpha value is -1.30. The highest BCUT2D eigenvalue weighted by atomic mass is 32.1. The number of hydrogen-bond acceptors (Lipinski definition) is 3. The minimum absolute atomic E-state index is 0.133. The van der Waals surface area contributed by atoms with Crippen molar-refractivity contribution in [2.24, 2.45) is 0 Å². The minimum Gasteiger partial charge on any atom is -0.314 e. The lowest BCUT2D eigenvalue weighted by molar-refractivity contribution is 0.197. The van der Waals surface area contributed by atoms with Crippen LogP contribution >= 0.6 is 11.3 Å². The van der Waals surface area contributed by atoms with E-state index in [1.807, 2.05) is 6.92 Å².